The van der Waals surface area contributed by atoms with E-state index in [0.29, 0.717) is 6.54 Å². The second-order valence-corrected chi connectivity index (χ2v) is 4.68. The number of hydrogen-bond acceptors (Lipinski definition) is 4. The van der Waals surface area contributed by atoms with Crippen molar-refractivity contribution in [1.29, 1.82) is 0 Å². The first-order valence-corrected chi connectivity index (χ1v) is 6.60. The number of aryl methyl sites for hydroxylation is 1. The minimum atomic E-state index is 0.592. The fourth-order valence-corrected chi connectivity index (χ4v) is 2.38. The van der Waals surface area contributed by atoms with Crippen molar-refractivity contribution in [2.75, 3.05) is 0 Å². The molecule has 90 valence electrons. The van der Waals surface area contributed by atoms with Gasteiger partial charge in [-0.3, -0.25) is 0 Å². The van der Waals surface area contributed by atoms with Crippen LogP contribution < -0.4 is 5.73 Å². The van der Waals surface area contributed by atoms with Crippen molar-refractivity contribution in [3.8, 4) is 0 Å². The zero-order valence-electron chi connectivity index (χ0n) is 9.84. The van der Waals surface area contributed by atoms with E-state index >= 15 is 0 Å². The Balaban J connectivity index is 1.97. The lowest BCUT2D eigenvalue weighted by atomic mass is 10.2. The van der Waals surface area contributed by atoms with Crippen molar-refractivity contribution in [1.82, 2.24) is 14.8 Å². The summed E-state index contributed by atoms with van der Waals surface area (Å²) in [5, 5.41) is 4.15. The van der Waals surface area contributed by atoms with Crippen molar-refractivity contribution in [2.24, 2.45) is 5.73 Å². The third kappa shape index (κ3) is 3.08. The predicted octanol–water partition coefficient (Wildman–Crippen LogP) is 2.05. The Morgan fingerprint density at radius 2 is 2.06 bits per heavy atom. The molecule has 2 N–H and O–H groups in total. The number of hydrogen-bond donors (Lipinski definition) is 1. The molecule has 0 spiro atoms. The Morgan fingerprint density at radius 3 is 2.71 bits per heavy atom. The largest absolute Gasteiger partial charge is 0.326 e. The van der Waals surface area contributed by atoms with Crippen LogP contribution in [0.25, 0.3) is 0 Å². The molecule has 0 fully saturated rings. The maximum atomic E-state index is 5.56. The molecule has 0 amide bonds. The molecule has 5 heteroatoms. The molecular weight excluding hydrogens is 232 g/mol. The highest BCUT2D eigenvalue weighted by Crippen LogP contribution is 2.21. The third-order valence-electron chi connectivity index (χ3n) is 2.52. The molecule has 17 heavy (non-hydrogen) atoms. The van der Waals surface area contributed by atoms with Crippen molar-refractivity contribution in [3.63, 3.8) is 0 Å². The maximum Gasteiger partial charge on any atom is 0.138 e. The van der Waals surface area contributed by atoms with Crippen molar-refractivity contribution in [2.45, 2.75) is 30.7 Å². The number of nitrogens with two attached hydrogens (primary N) is 1. The summed E-state index contributed by atoms with van der Waals surface area (Å²) in [6, 6.07) is 8.32. The molecule has 0 radical (unpaired) electrons. The monoisotopic (exact) mass is 248 g/mol. The van der Waals surface area contributed by atoms with Gasteiger partial charge in [0, 0.05) is 18.0 Å². The Bertz CT molecular complexity index is 464. The van der Waals surface area contributed by atoms with Crippen molar-refractivity contribution < 1.29 is 0 Å². The van der Waals surface area contributed by atoms with E-state index in [0.717, 1.165) is 23.7 Å². The molecule has 2 rings (SSSR count). The predicted molar refractivity (Wildman–Crippen MR) is 69.6 cm³/mol. The highest BCUT2D eigenvalue weighted by atomic mass is 32.2. The third-order valence-corrected chi connectivity index (χ3v) is 3.53. The maximum absolute atomic E-state index is 5.56. The summed E-state index contributed by atoms with van der Waals surface area (Å²) in [5.74, 6) is 1.86. The molecule has 0 saturated carbocycles. The van der Waals surface area contributed by atoms with Crippen LogP contribution >= 0.6 is 11.8 Å². The summed E-state index contributed by atoms with van der Waals surface area (Å²) in [7, 11) is 0. The Kier molecular flexibility index (Phi) is 4.17. The van der Waals surface area contributed by atoms with Crippen molar-refractivity contribution in [3.05, 3.63) is 42.0 Å². The summed E-state index contributed by atoms with van der Waals surface area (Å²) in [6.45, 7) is 3.52. The van der Waals surface area contributed by atoms with Gasteiger partial charge in [0.1, 0.15) is 12.2 Å². The summed E-state index contributed by atoms with van der Waals surface area (Å²) in [4.78, 5) is 5.48. The lowest BCUT2D eigenvalue weighted by molar-refractivity contribution is 0.632. The quantitative estimate of drug-likeness (QED) is 0.823. The zero-order chi connectivity index (χ0) is 12.1. The number of rotatable bonds is 5. The first-order chi connectivity index (χ1) is 8.33. The van der Waals surface area contributed by atoms with Crippen LogP contribution in [0, 0.1) is 0 Å². The average molecular weight is 248 g/mol. The van der Waals surface area contributed by atoms with Crippen LogP contribution in [0.15, 0.2) is 35.5 Å². The Morgan fingerprint density at radius 1 is 1.29 bits per heavy atom. The molecule has 0 aliphatic carbocycles. The van der Waals surface area contributed by atoms with Crippen LogP contribution in [-0.4, -0.2) is 14.8 Å². The molecule has 1 aromatic heterocycles. The number of nitrogens with zero attached hydrogens (tertiary/aromatic N) is 3. The summed E-state index contributed by atoms with van der Waals surface area (Å²) < 4.78 is 1.92. The molecule has 1 aromatic carbocycles. The number of aromatic nitrogens is 3. The SMILES string of the molecule is CCn1ncnc1CSc1ccc(CN)cc1. The summed E-state index contributed by atoms with van der Waals surface area (Å²) in [5.41, 5.74) is 6.72. The fraction of sp³-hybridized carbons (Fsp3) is 0.333. The first-order valence-electron chi connectivity index (χ1n) is 5.62. The lowest BCUT2D eigenvalue weighted by Gasteiger charge is -2.04. The van der Waals surface area contributed by atoms with Gasteiger partial charge in [-0.15, -0.1) is 11.8 Å². The van der Waals surface area contributed by atoms with E-state index < -0.39 is 0 Å². The van der Waals surface area contributed by atoms with E-state index in [1.165, 1.54) is 4.90 Å². The normalized spacial score (nSPS) is 10.7. The molecule has 0 aliphatic heterocycles. The van der Waals surface area contributed by atoms with Gasteiger partial charge in [0.05, 0.1) is 5.75 Å². The van der Waals surface area contributed by atoms with Crippen molar-refractivity contribution >= 4 is 11.8 Å². The van der Waals surface area contributed by atoms with Gasteiger partial charge in [-0.25, -0.2) is 9.67 Å². The zero-order valence-corrected chi connectivity index (χ0v) is 10.7. The minimum absolute atomic E-state index is 0.592. The molecule has 1 heterocycles. The Labute approximate surface area is 105 Å². The van der Waals surface area contributed by atoms with Gasteiger partial charge in [-0.1, -0.05) is 12.1 Å². The van der Waals surface area contributed by atoms with Gasteiger partial charge in [-0.2, -0.15) is 5.10 Å². The van der Waals surface area contributed by atoms with Gasteiger partial charge >= 0.3 is 0 Å². The molecule has 0 saturated heterocycles. The molecule has 2 aromatic rings. The molecule has 0 aliphatic rings. The van der Waals surface area contributed by atoms with Crippen LogP contribution in [-0.2, 0) is 18.8 Å². The molecule has 4 nitrogen and oxygen atoms in total. The summed E-state index contributed by atoms with van der Waals surface area (Å²) in [6.07, 6.45) is 1.61. The topological polar surface area (TPSA) is 56.7 Å². The van der Waals surface area contributed by atoms with Gasteiger partial charge in [0.15, 0.2) is 0 Å². The fourth-order valence-electron chi connectivity index (χ4n) is 1.53. The van der Waals surface area contributed by atoms with E-state index in [1.807, 2.05) is 4.68 Å². The first kappa shape index (κ1) is 12.1. The number of thioether (sulfide) groups is 1. The van der Waals surface area contributed by atoms with Gasteiger partial charge in [-0.05, 0) is 24.6 Å². The lowest BCUT2D eigenvalue weighted by Crippen LogP contribution is -2.02. The van der Waals surface area contributed by atoms with Crippen LogP contribution in [0.3, 0.4) is 0 Å². The van der Waals surface area contributed by atoms with E-state index in [4.69, 9.17) is 5.73 Å². The smallest absolute Gasteiger partial charge is 0.138 e. The second kappa shape index (κ2) is 5.84. The van der Waals surface area contributed by atoms with E-state index in [9.17, 15) is 0 Å². The summed E-state index contributed by atoms with van der Waals surface area (Å²) >= 11 is 1.76. The van der Waals surface area contributed by atoms with Crippen LogP contribution in [0.5, 0.6) is 0 Å². The number of benzene rings is 1. The second-order valence-electron chi connectivity index (χ2n) is 3.63. The van der Waals surface area contributed by atoms with Gasteiger partial charge < -0.3 is 5.73 Å². The van der Waals surface area contributed by atoms with E-state index in [1.54, 1.807) is 18.1 Å². The highest BCUT2D eigenvalue weighted by molar-refractivity contribution is 7.98. The minimum Gasteiger partial charge on any atom is -0.326 e. The standard InChI is InChI=1S/C12H16N4S/c1-2-16-12(14-9-15-16)8-17-11-5-3-10(7-13)4-6-11/h3-6,9H,2,7-8,13H2,1H3. The van der Waals surface area contributed by atoms with E-state index in [2.05, 4.69) is 41.3 Å². The van der Waals surface area contributed by atoms with Crippen LogP contribution in [0.1, 0.15) is 18.3 Å². The molecular formula is C12H16N4S. The molecule has 0 atom stereocenters. The molecule has 0 unspecified atom stereocenters. The Hall–Kier alpha value is -1.33. The highest BCUT2D eigenvalue weighted by Gasteiger charge is 2.03. The van der Waals surface area contributed by atoms with Gasteiger partial charge in [0.25, 0.3) is 0 Å². The van der Waals surface area contributed by atoms with E-state index in [-0.39, 0.29) is 0 Å². The van der Waals surface area contributed by atoms with Gasteiger partial charge in [0.2, 0.25) is 0 Å². The van der Waals surface area contributed by atoms with Crippen LogP contribution in [0.4, 0.5) is 0 Å². The molecule has 0 bridgehead atoms. The van der Waals surface area contributed by atoms with Crippen LogP contribution in [0.2, 0.25) is 0 Å². The average Bonchev–Trinajstić information content (AvgIpc) is 2.84.